The molecule has 2 atom stereocenters. The Morgan fingerprint density at radius 2 is 2.29 bits per heavy atom. The van der Waals surface area contributed by atoms with E-state index in [1.54, 1.807) is 0 Å². The summed E-state index contributed by atoms with van der Waals surface area (Å²) in [4.78, 5) is 14.2. The number of nitrogens with zero attached hydrogens (tertiary/aromatic N) is 1. The maximum atomic E-state index is 10.4. The number of hydrogen-bond donors (Lipinski definition) is 3. The lowest BCUT2D eigenvalue weighted by Gasteiger charge is -2.14. The predicted molar refractivity (Wildman–Crippen MR) is 49.8 cm³/mol. The van der Waals surface area contributed by atoms with Gasteiger partial charge < -0.3 is 15.9 Å². The molecule has 0 saturated carbocycles. The van der Waals surface area contributed by atoms with E-state index < -0.39 is 18.1 Å². The van der Waals surface area contributed by atoms with Crippen molar-refractivity contribution in [1.82, 2.24) is 4.98 Å². The Hall–Kier alpha value is -1.17. The maximum Gasteiger partial charge on any atom is 0.334 e. The summed E-state index contributed by atoms with van der Waals surface area (Å²) in [6.07, 6.45) is -0.285. The highest BCUT2D eigenvalue weighted by Crippen LogP contribution is 2.16. The smallest absolute Gasteiger partial charge is 0.334 e. The molecule has 2 unspecified atom stereocenters. The van der Waals surface area contributed by atoms with Crippen LogP contribution in [0.1, 0.15) is 11.7 Å². The Labute approximate surface area is 85.1 Å². The van der Waals surface area contributed by atoms with E-state index in [-0.39, 0.29) is 5.69 Å². The van der Waals surface area contributed by atoms with Gasteiger partial charge in [-0.15, -0.1) is 0 Å². The molecule has 1 heterocycles. The predicted octanol–water partition coefficient (Wildman–Crippen LogP) is 0.180. The van der Waals surface area contributed by atoms with Gasteiger partial charge in [0.15, 0.2) is 6.10 Å². The summed E-state index contributed by atoms with van der Waals surface area (Å²) in [7, 11) is 0. The van der Waals surface area contributed by atoms with E-state index in [2.05, 4.69) is 4.98 Å². The minimum atomic E-state index is -1.68. The number of aliphatic hydroxyl groups excluding tert-OH is 1. The van der Waals surface area contributed by atoms with Gasteiger partial charge in [-0.3, -0.25) is 4.98 Å². The monoisotopic (exact) mass is 216 g/mol. The quantitative estimate of drug-likeness (QED) is 0.670. The molecule has 1 rings (SSSR count). The molecule has 4 N–H and O–H groups in total. The van der Waals surface area contributed by atoms with E-state index in [1.165, 1.54) is 18.3 Å². The number of carboxylic acids is 1. The highest BCUT2D eigenvalue weighted by atomic mass is 35.5. The molecule has 0 aliphatic rings. The molecule has 5 nitrogen and oxygen atoms in total. The topological polar surface area (TPSA) is 96.4 Å². The van der Waals surface area contributed by atoms with E-state index in [0.717, 1.165) is 0 Å². The van der Waals surface area contributed by atoms with Gasteiger partial charge in [0.05, 0.1) is 11.7 Å². The van der Waals surface area contributed by atoms with Crippen molar-refractivity contribution < 1.29 is 15.0 Å². The van der Waals surface area contributed by atoms with Crippen molar-refractivity contribution in [1.29, 1.82) is 0 Å². The molecular weight excluding hydrogens is 208 g/mol. The molecule has 0 saturated heterocycles. The zero-order chi connectivity index (χ0) is 10.7. The number of halogens is 1. The highest BCUT2D eigenvalue weighted by molar-refractivity contribution is 6.30. The number of aliphatic carboxylic acids is 1. The van der Waals surface area contributed by atoms with E-state index in [0.29, 0.717) is 5.02 Å². The van der Waals surface area contributed by atoms with Gasteiger partial charge in [-0.05, 0) is 12.1 Å². The van der Waals surface area contributed by atoms with Crippen LogP contribution in [0.25, 0.3) is 0 Å². The number of carboxylic acid groups (broad SMARTS) is 1. The zero-order valence-corrected chi connectivity index (χ0v) is 7.85. The summed E-state index contributed by atoms with van der Waals surface area (Å²) in [5.74, 6) is -1.39. The Balaban J connectivity index is 2.89. The van der Waals surface area contributed by atoms with Crippen LogP contribution in [0.2, 0.25) is 5.02 Å². The maximum absolute atomic E-state index is 10.4. The van der Waals surface area contributed by atoms with Crippen LogP contribution in [-0.4, -0.2) is 27.3 Å². The molecular formula is C8H9ClN2O3. The first-order valence-electron chi connectivity index (χ1n) is 3.80. The molecule has 76 valence electrons. The lowest BCUT2D eigenvalue weighted by molar-refractivity contribution is -0.147. The summed E-state index contributed by atoms with van der Waals surface area (Å²) in [5, 5.41) is 18.0. The van der Waals surface area contributed by atoms with Crippen molar-refractivity contribution in [3.8, 4) is 0 Å². The number of aliphatic hydroxyl groups is 1. The van der Waals surface area contributed by atoms with Crippen LogP contribution in [-0.2, 0) is 4.79 Å². The largest absolute Gasteiger partial charge is 0.479 e. The Morgan fingerprint density at radius 1 is 1.64 bits per heavy atom. The first-order valence-corrected chi connectivity index (χ1v) is 4.18. The average molecular weight is 217 g/mol. The second-order valence-electron chi connectivity index (χ2n) is 2.71. The van der Waals surface area contributed by atoms with Gasteiger partial charge in [0.2, 0.25) is 0 Å². The first kappa shape index (κ1) is 10.9. The number of aromatic nitrogens is 1. The van der Waals surface area contributed by atoms with Crippen molar-refractivity contribution >= 4 is 17.6 Å². The molecule has 0 aliphatic carbocycles. The fourth-order valence-corrected chi connectivity index (χ4v) is 1.09. The van der Waals surface area contributed by atoms with E-state index in [4.69, 9.17) is 27.5 Å². The van der Waals surface area contributed by atoms with Crippen molar-refractivity contribution in [2.75, 3.05) is 0 Å². The number of carbonyl (C=O) groups is 1. The minimum Gasteiger partial charge on any atom is -0.479 e. The molecule has 0 aliphatic heterocycles. The summed E-state index contributed by atoms with van der Waals surface area (Å²) >= 11 is 5.65. The van der Waals surface area contributed by atoms with Crippen molar-refractivity contribution in [3.63, 3.8) is 0 Å². The number of hydrogen-bond acceptors (Lipinski definition) is 4. The molecule has 0 spiro atoms. The first-order chi connectivity index (χ1) is 6.52. The third kappa shape index (κ3) is 2.41. The van der Waals surface area contributed by atoms with Crippen LogP contribution in [0, 0.1) is 0 Å². The van der Waals surface area contributed by atoms with Crippen LogP contribution in [0.4, 0.5) is 0 Å². The molecule has 14 heavy (non-hydrogen) atoms. The van der Waals surface area contributed by atoms with Crippen LogP contribution in [0.15, 0.2) is 18.3 Å². The Kier molecular flexibility index (Phi) is 3.40. The highest BCUT2D eigenvalue weighted by Gasteiger charge is 2.24. The summed E-state index contributed by atoms with van der Waals surface area (Å²) in [5.41, 5.74) is 5.70. The van der Waals surface area contributed by atoms with Crippen LogP contribution < -0.4 is 5.73 Å². The van der Waals surface area contributed by atoms with Gasteiger partial charge in [0.1, 0.15) is 0 Å². The van der Waals surface area contributed by atoms with Gasteiger partial charge in [-0.1, -0.05) is 11.6 Å². The van der Waals surface area contributed by atoms with E-state index >= 15 is 0 Å². The van der Waals surface area contributed by atoms with Crippen LogP contribution in [0.5, 0.6) is 0 Å². The van der Waals surface area contributed by atoms with Gasteiger partial charge >= 0.3 is 5.97 Å². The normalized spacial score (nSPS) is 14.8. The lowest BCUT2D eigenvalue weighted by atomic mass is 10.1. The van der Waals surface area contributed by atoms with E-state index in [9.17, 15) is 4.79 Å². The second kappa shape index (κ2) is 4.36. The zero-order valence-electron chi connectivity index (χ0n) is 7.09. The fourth-order valence-electron chi connectivity index (χ4n) is 0.919. The molecule has 1 aromatic rings. The molecule has 0 amide bonds. The lowest BCUT2D eigenvalue weighted by Crippen LogP contribution is -2.33. The molecule has 6 heteroatoms. The molecule has 0 radical (unpaired) electrons. The molecule has 0 bridgehead atoms. The summed E-state index contributed by atoms with van der Waals surface area (Å²) in [6, 6.07) is 1.87. The van der Waals surface area contributed by atoms with Crippen molar-refractivity contribution in [2.24, 2.45) is 5.73 Å². The Bertz CT molecular complexity index is 345. The second-order valence-corrected chi connectivity index (χ2v) is 3.14. The van der Waals surface area contributed by atoms with Gasteiger partial charge in [-0.2, -0.15) is 0 Å². The van der Waals surface area contributed by atoms with Crippen LogP contribution >= 0.6 is 11.6 Å². The van der Waals surface area contributed by atoms with Crippen molar-refractivity contribution in [3.05, 3.63) is 29.0 Å². The third-order valence-electron chi connectivity index (χ3n) is 1.68. The minimum absolute atomic E-state index is 0.243. The summed E-state index contributed by atoms with van der Waals surface area (Å²) < 4.78 is 0. The van der Waals surface area contributed by atoms with Crippen LogP contribution in [0.3, 0.4) is 0 Å². The molecule has 1 aromatic heterocycles. The fraction of sp³-hybridized carbons (Fsp3) is 0.250. The average Bonchev–Trinajstić information content (AvgIpc) is 2.15. The van der Waals surface area contributed by atoms with E-state index in [1.807, 2.05) is 0 Å². The third-order valence-corrected chi connectivity index (χ3v) is 1.91. The number of nitrogens with two attached hydrogens (primary N) is 1. The SMILES string of the molecule is NC(c1cc(Cl)ccn1)C(O)C(=O)O. The summed E-state index contributed by atoms with van der Waals surface area (Å²) in [6.45, 7) is 0. The van der Waals surface area contributed by atoms with Crippen molar-refractivity contribution in [2.45, 2.75) is 12.1 Å². The Morgan fingerprint density at radius 3 is 2.79 bits per heavy atom. The van der Waals surface area contributed by atoms with Gasteiger partial charge in [0.25, 0.3) is 0 Å². The van der Waals surface area contributed by atoms with Gasteiger partial charge in [0, 0.05) is 11.2 Å². The molecule has 0 fully saturated rings. The number of pyridine rings is 1. The number of rotatable bonds is 3. The molecule has 0 aromatic carbocycles. The standard InChI is InChI=1S/C8H9ClN2O3/c9-4-1-2-11-5(3-4)6(10)7(12)8(13)14/h1-3,6-7,12H,10H2,(H,13,14). The van der Waals surface area contributed by atoms with Gasteiger partial charge in [-0.25, -0.2) is 4.79 Å².